The first kappa shape index (κ1) is 25.2. The molecular formula is C33H39N3O3. The van der Waals surface area contributed by atoms with Gasteiger partial charge in [0.2, 0.25) is 12.3 Å². The summed E-state index contributed by atoms with van der Waals surface area (Å²) in [7, 11) is 0. The van der Waals surface area contributed by atoms with E-state index in [0.29, 0.717) is 5.89 Å². The first-order chi connectivity index (χ1) is 18.2. The van der Waals surface area contributed by atoms with Crippen LogP contribution in [0, 0.1) is 61.6 Å². The molecule has 3 saturated carbocycles. The highest BCUT2D eigenvalue weighted by molar-refractivity contribution is 6.05. The lowest BCUT2D eigenvalue weighted by molar-refractivity contribution is -0.143. The van der Waals surface area contributed by atoms with E-state index in [1.807, 2.05) is 26.0 Å². The largest absolute Gasteiger partial charge is 0.428 e. The van der Waals surface area contributed by atoms with E-state index < -0.39 is 10.8 Å². The summed E-state index contributed by atoms with van der Waals surface area (Å²) in [5.41, 5.74) is 1.45. The molecule has 0 amide bonds. The fourth-order valence-corrected chi connectivity index (χ4v) is 10.8. The van der Waals surface area contributed by atoms with Gasteiger partial charge in [-0.1, -0.05) is 59.3 Å². The summed E-state index contributed by atoms with van der Waals surface area (Å²) in [4.78, 5) is 27.7. The summed E-state index contributed by atoms with van der Waals surface area (Å²) >= 11 is 0. The van der Waals surface area contributed by atoms with Crippen molar-refractivity contribution in [1.29, 1.82) is 5.26 Å². The van der Waals surface area contributed by atoms with Crippen molar-refractivity contribution in [2.45, 2.75) is 86.5 Å². The first-order valence-corrected chi connectivity index (χ1v) is 14.7. The molecule has 1 unspecified atom stereocenters. The molecule has 1 aromatic heterocycles. The molecule has 204 valence electrons. The number of carbonyl (C=O) groups excluding carboxylic acids is 2. The van der Waals surface area contributed by atoms with Crippen molar-refractivity contribution < 1.29 is 14.0 Å². The second-order valence-corrected chi connectivity index (χ2v) is 15.4. The lowest BCUT2D eigenvalue weighted by Gasteiger charge is -2.65. The van der Waals surface area contributed by atoms with E-state index in [1.54, 1.807) is 0 Å². The van der Waals surface area contributed by atoms with Crippen LogP contribution in [0.4, 0.5) is 0 Å². The molecule has 7 rings (SSSR count). The molecular weight excluding hydrogens is 486 g/mol. The minimum absolute atomic E-state index is 0.0112. The number of ketones is 2. The van der Waals surface area contributed by atoms with Gasteiger partial charge < -0.3 is 4.42 Å². The lowest BCUT2D eigenvalue weighted by atomic mass is 9.37. The Hall–Kier alpha value is -2.81. The Morgan fingerprint density at radius 2 is 1.85 bits per heavy atom. The second-order valence-electron chi connectivity index (χ2n) is 15.4. The SMILES string of the molecule is CC1(C)C(=O)C(C#N)=C[C@]2(C)C3=CC(=O)[C@@H]4C5C[C@@](C)(Cc6nnco6)CC[C@]5(C)CC5=C[C@@]54[C@]3(C)CC[C@@H]12. The molecule has 1 aromatic rings. The van der Waals surface area contributed by atoms with Gasteiger partial charge in [-0.2, -0.15) is 5.26 Å². The van der Waals surface area contributed by atoms with Crippen molar-refractivity contribution >= 4 is 11.6 Å². The predicted molar refractivity (Wildman–Crippen MR) is 145 cm³/mol. The van der Waals surface area contributed by atoms with Crippen LogP contribution < -0.4 is 0 Å². The number of aromatic nitrogens is 2. The second kappa shape index (κ2) is 7.28. The maximum absolute atomic E-state index is 14.5. The summed E-state index contributed by atoms with van der Waals surface area (Å²) in [5.74, 6) is 1.16. The highest BCUT2D eigenvalue weighted by Gasteiger charge is 2.75. The van der Waals surface area contributed by atoms with Crippen molar-refractivity contribution in [2.24, 2.45) is 50.2 Å². The molecule has 8 atom stereocenters. The number of hydrogen-bond acceptors (Lipinski definition) is 6. The highest BCUT2D eigenvalue weighted by atomic mass is 16.4. The molecule has 0 radical (unpaired) electrons. The molecule has 0 bridgehead atoms. The summed E-state index contributed by atoms with van der Waals surface area (Å²) in [5, 5.41) is 18.0. The number of Topliss-reactive ketones (excluding diaryl/α,β-unsaturated/α-hetero) is 1. The Balaban J connectivity index is 1.33. The van der Waals surface area contributed by atoms with Crippen molar-refractivity contribution in [3.05, 3.63) is 47.2 Å². The van der Waals surface area contributed by atoms with E-state index >= 15 is 0 Å². The number of nitrogens with zero attached hydrogens (tertiary/aromatic N) is 3. The smallest absolute Gasteiger partial charge is 0.216 e. The Labute approximate surface area is 231 Å². The molecule has 1 heterocycles. The minimum Gasteiger partial charge on any atom is -0.428 e. The molecule has 0 aromatic carbocycles. The molecule has 0 aliphatic heterocycles. The summed E-state index contributed by atoms with van der Waals surface area (Å²) in [6.45, 7) is 13.3. The molecule has 6 aliphatic rings. The Morgan fingerprint density at radius 1 is 1.08 bits per heavy atom. The molecule has 39 heavy (non-hydrogen) atoms. The van der Waals surface area contributed by atoms with Crippen molar-refractivity contribution in [2.75, 3.05) is 0 Å². The quantitative estimate of drug-likeness (QED) is 0.417. The average Bonchev–Trinajstić information content (AvgIpc) is 3.35. The number of hydrogen-bond donors (Lipinski definition) is 0. The monoisotopic (exact) mass is 525 g/mol. The molecule has 1 spiro atoms. The third-order valence-electron chi connectivity index (χ3n) is 12.8. The van der Waals surface area contributed by atoms with Gasteiger partial charge in [-0.15, -0.1) is 10.2 Å². The zero-order chi connectivity index (χ0) is 27.8. The van der Waals surface area contributed by atoms with Crippen molar-refractivity contribution in [3.8, 4) is 6.07 Å². The van der Waals surface area contributed by atoms with Crippen LogP contribution in [0.15, 0.2) is 45.8 Å². The van der Waals surface area contributed by atoms with Crippen LogP contribution >= 0.6 is 0 Å². The predicted octanol–water partition coefficient (Wildman–Crippen LogP) is 6.36. The summed E-state index contributed by atoms with van der Waals surface area (Å²) < 4.78 is 5.55. The molecule has 6 heteroatoms. The molecule has 0 N–H and O–H groups in total. The number of allylic oxidation sites excluding steroid dienone is 6. The standard InChI is InChI=1S/C33H39N3O3/c1-28(2)23-7-8-32(6)24(31(23,5)12-19(17-34)27(28)38)11-22(37)26-21-15-29(3,16-25-36-35-18-39-25)9-10-30(21,4)13-20-14-33(20,26)32/h11-12,14,18,21,23,26H,7-10,13,15-16H2,1-6H3/t21?,23-,26-,29-,30+,31-,32+,33+/m0/s1. The number of fused-ring (bicyclic) bond motifs is 5. The zero-order valence-electron chi connectivity index (χ0n) is 24.1. The van der Waals surface area contributed by atoms with E-state index in [9.17, 15) is 14.9 Å². The van der Waals surface area contributed by atoms with Gasteiger partial charge in [-0.25, -0.2) is 0 Å². The van der Waals surface area contributed by atoms with E-state index in [4.69, 9.17) is 4.42 Å². The topological polar surface area (TPSA) is 96.8 Å². The van der Waals surface area contributed by atoms with Crippen molar-refractivity contribution in [3.63, 3.8) is 0 Å². The van der Waals surface area contributed by atoms with Crippen LogP contribution in [0.25, 0.3) is 0 Å². The van der Waals surface area contributed by atoms with Gasteiger partial charge in [0.1, 0.15) is 6.07 Å². The van der Waals surface area contributed by atoms with E-state index in [2.05, 4.69) is 50.0 Å². The van der Waals surface area contributed by atoms with Gasteiger partial charge >= 0.3 is 0 Å². The van der Waals surface area contributed by atoms with E-state index in [-0.39, 0.29) is 56.6 Å². The van der Waals surface area contributed by atoms with Crippen molar-refractivity contribution in [1.82, 2.24) is 10.2 Å². The van der Waals surface area contributed by atoms with Gasteiger partial charge in [0.25, 0.3) is 0 Å². The van der Waals surface area contributed by atoms with Gasteiger partial charge in [0, 0.05) is 34.0 Å². The fourth-order valence-electron chi connectivity index (χ4n) is 10.8. The highest BCUT2D eigenvalue weighted by Crippen LogP contribution is 2.81. The Kier molecular flexibility index (Phi) is 4.70. The van der Waals surface area contributed by atoms with Gasteiger partial charge in [0.05, 0.1) is 5.57 Å². The Bertz CT molecular complexity index is 1460. The normalized spacial score (nSPS) is 47.2. The van der Waals surface area contributed by atoms with Crippen LogP contribution in [0.3, 0.4) is 0 Å². The van der Waals surface area contributed by atoms with Crippen LogP contribution in [-0.4, -0.2) is 21.8 Å². The van der Waals surface area contributed by atoms with E-state index in [0.717, 1.165) is 50.5 Å². The van der Waals surface area contributed by atoms with Gasteiger partial charge in [0.15, 0.2) is 11.6 Å². The maximum Gasteiger partial charge on any atom is 0.216 e. The molecule has 0 saturated heterocycles. The zero-order valence-corrected chi connectivity index (χ0v) is 24.1. The number of rotatable bonds is 2. The Morgan fingerprint density at radius 3 is 2.54 bits per heavy atom. The average molecular weight is 526 g/mol. The summed E-state index contributed by atoms with van der Waals surface area (Å²) in [6, 6.07) is 2.20. The van der Waals surface area contributed by atoms with Crippen LogP contribution in [-0.2, 0) is 16.0 Å². The van der Waals surface area contributed by atoms with Crippen LogP contribution in [0.5, 0.6) is 0 Å². The number of nitriles is 1. The van der Waals surface area contributed by atoms with E-state index in [1.165, 1.54) is 12.0 Å². The molecule has 6 aliphatic carbocycles. The maximum atomic E-state index is 14.5. The minimum atomic E-state index is -0.640. The van der Waals surface area contributed by atoms with Gasteiger partial charge in [-0.05, 0) is 72.8 Å². The molecule has 6 nitrogen and oxygen atoms in total. The third kappa shape index (κ3) is 2.92. The summed E-state index contributed by atoms with van der Waals surface area (Å²) in [6.07, 6.45) is 14.6. The van der Waals surface area contributed by atoms with Crippen LogP contribution in [0.2, 0.25) is 0 Å². The van der Waals surface area contributed by atoms with Crippen LogP contribution in [0.1, 0.15) is 86.0 Å². The lowest BCUT2D eigenvalue weighted by Crippen LogP contribution is -2.62. The third-order valence-corrected chi connectivity index (χ3v) is 12.8. The van der Waals surface area contributed by atoms with Gasteiger partial charge in [-0.3, -0.25) is 9.59 Å². The first-order valence-electron chi connectivity index (χ1n) is 14.7. The fraction of sp³-hybridized carbons (Fsp3) is 0.667. The molecule has 3 fully saturated rings. The number of carbonyl (C=O) groups is 2.